The number of amides is 6. The van der Waals surface area contributed by atoms with E-state index in [1.54, 1.807) is 0 Å². The van der Waals surface area contributed by atoms with Crippen molar-refractivity contribution >= 4 is 41.6 Å². The van der Waals surface area contributed by atoms with Crippen LogP contribution in [0.3, 0.4) is 0 Å². The number of hydrogen-bond acceptors (Lipinski definition) is 9. The highest BCUT2D eigenvalue weighted by Crippen LogP contribution is 2.42. The van der Waals surface area contributed by atoms with Crippen LogP contribution in [0.2, 0.25) is 0 Å². The second-order valence-electron chi connectivity index (χ2n) is 24.7. The molecule has 1 aromatic rings. The Hall–Kier alpha value is -4.69. The largest absolute Gasteiger partial charge is 0.467 e. The molecule has 6 aliphatic carbocycles. The van der Waals surface area contributed by atoms with Crippen LogP contribution in [0.1, 0.15) is 201 Å². The lowest BCUT2D eigenvalue weighted by molar-refractivity contribution is -0.155. The van der Waals surface area contributed by atoms with Crippen LogP contribution in [-0.4, -0.2) is 81.9 Å². The number of benzene rings is 1. The standard InChI is InChI=1S/C57H88N6O9/c1-38-17-11-25-52(31-38,59-47(66)54(27-13-19-40(3)33-54)61-49(68)56(29-15-21-42(5)35-56)63-51(70)72-37-44-23-9-8-10-24-44)45(64)58-53(26-12-18-39(2)32-53)46(65)60-55(28-14-20-41(4)34-55)48(67)62-57(50(69)71-7)30-16-22-43(6)36-57/h8-10,23-24,38-43H,11-22,25-37H2,1-7H3,(H,58,64)(H,59,66)(H,60,65)(H,61,68)(H,62,67)(H,63,70)/t38-,39-,40-,41-,42-,43-,52-,53-,54-,55-,56-,57-/m1/s1. The quantitative estimate of drug-likeness (QED) is 0.0988. The van der Waals surface area contributed by atoms with Gasteiger partial charge in [0.05, 0.1) is 7.11 Å². The van der Waals surface area contributed by atoms with Gasteiger partial charge in [-0.25, -0.2) is 9.59 Å². The first-order chi connectivity index (χ1) is 34.2. The number of methoxy groups -OCH3 is 1. The summed E-state index contributed by atoms with van der Waals surface area (Å²) in [6.45, 7) is 12.5. The third-order valence-electron chi connectivity index (χ3n) is 18.1. The van der Waals surface area contributed by atoms with Crippen molar-refractivity contribution in [3.05, 3.63) is 35.9 Å². The predicted octanol–water partition coefficient (Wildman–Crippen LogP) is 8.36. The van der Waals surface area contributed by atoms with Crippen molar-refractivity contribution in [2.45, 2.75) is 235 Å². The Kier molecular flexibility index (Phi) is 17.5. The van der Waals surface area contributed by atoms with Gasteiger partial charge in [-0.15, -0.1) is 0 Å². The fraction of sp³-hybridized carbons (Fsp3) is 0.772. The monoisotopic (exact) mass is 1000 g/mol. The normalized spacial score (nSPS) is 37.1. The Morgan fingerprint density at radius 3 is 0.972 bits per heavy atom. The van der Waals surface area contributed by atoms with E-state index in [0.717, 1.165) is 50.5 Å². The Morgan fingerprint density at radius 2 is 0.681 bits per heavy atom. The molecule has 15 nitrogen and oxygen atoms in total. The minimum atomic E-state index is -1.41. The second-order valence-corrected chi connectivity index (χ2v) is 24.7. The van der Waals surface area contributed by atoms with Crippen molar-refractivity contribution < 1.29 is 43.0 Å². The van der Waals surface area contributed by atoms with Crippen LogP contribution in [0.25, 0.3) is 0 Å². The fourth-order valence-corrected chi connectivity index (χ4v) is 14.4. The van der Waals surface area contributed by atoms with Gasteiger partial charge in [0.2, 0.25) is 29.5 Å². The SMILES string of the molecule is COC(=O)[C@@]1(NC(=O)[C@@]2(NC(=O)[C@@]3(NC(=O)[C@@]4(NC(=O)[C@@]5(NC(=O)[C@@]6(NC(=O)OCc7ccccc7)CCC[C@@H](C)C6)CCC[C@@H](C)C5)CCC[C@@H](C)C4)CCC[C@@H](C)C3)CCC[C@@H](C)C2)CCC[C@@H](C)C1. The van der Waals surface area contributed by atoms with Crippen molar-refractivity contribution in [1.82, 2.24) is 31.9 Å². The van der Waals surface area contributed by atoms with Crippen molar-refractivity contribution in [3.8, 4) is 0 Å². The molecule has 0 spiro atoms. The second kappa shape index (κ2) is 22.8. The maximum Gasteiger partial charge on any atom is 0.408 e. The molecule has 1 aromatic carbocycles. The van der Waals surface area contributed by atoms with Gasteiger partial charge < -0.3 is 41.4 Å². The molecule has 6 aliphatic rings. The van der Waals surface area contributed by atoms with E-state index in [1.165, 1.54) is 7.11 Å². The molecule has 0 aromatic heterocycles. The first-order valence-corrected chi connectivity index (χ1v) is 27.9. The molecule has 7 rings (SSSR count). The van der Waals surface area contributed by atoms with Gasteiger partial charge in [0.15, 0.2) is 0 Å². The molecule has 6 saturated carbocycles. The van der Waals surface area contributed by atoms with E-state index in [0.29, 0.717) is 109 Å². The summed E-state index contributed by atoms with van der Waals surface area (Å²) in [5, 5.41) is 19.4. The van der Waals surface area contributed by atoms with Gasteiger partial charge >= 0.3 is 12.1 Å². The van der Waals surface area contributed by atoms with E-state index in [4.69, 9.17) is 9.47 Å². The van der Waals surface area contributed by atoms with Crippen LogP contribution >= 0.6 is 0 Å². The van der Waals surface area contributed by atoms with Crippen LogP contribution in [0.4, 0.5) is 4.79 Å². The molecular formula is C57H88N6O9. The molecule has 0 bridgehead atoms. The summed E-state index contributed by atoms with van der Waals surface area (Å²) < 4.78 is 11.0. The lowest BCUT2D eigenvalue weighted by Crippen LogP contribution is -2.74. The lowest BCUT2D eigenvalue weighted by atomic mass is 9.70. The van der Waals surface area contributed by atoms with E-state index in [1.807, 2.05) is 30.3 Å². The van der Waals surface area contributed by atoms with E-state index >= 15 is 19.2 Å². The summed E-state index contributed by atoms with van der Waals surface area (Å²) in [4.78, 5) is 104. The summed E-state index contributed by atoms with van der Waals surface area (Å²) in [6, 6.07) is 9.36. The maximum absolute atomic E-state index is 15.6. The number of ether oxygens (including phenoxy) is 2. The highest BCUT2D eigenvalue weighted by Gasteiger charge is 2.57. The van der Waals surface area contributed by atoms with Crippen LogP contribution in [0.5, 0.6) is 0 Å². The Morgan fingerprint density at radius 1 is 0.417 bits per heavy atom. The van der Waals surface area contributed by atoms with Crippen molar-refractivity contribution in [3.63, 3.8) is 0 Å². The molecule has 0 heterocycles. The third-order valence-corrected chi connectivity index (χ3v) is 18.1. The molecule has 6 amide bonds. The van der Waals surface area contributed by atoms with Gasteiger partial charge in [0.1, 0.15) is 39.8 Å². The summed E-state index contributed by atoms with van der Waals surface area (Å²) in [7, 11) is 1.35. The third kappa shape index (κ3) is 12.3. The lowest BCUT2D eigenvalue weighted by Gasteiger charge is -2.49. The van der Waals surface area contributed by atoms with Crippen molar-refractivity contribution in [2.24, 2.45) is 35.5 Å². The first-order valence-electron chi connectivity index (χ1n) is 27.9. The molecule has 0 aliphatic heterocycles. The van der Waals surface area contributed by atoms with Gasteiger partial charge in [-0.1, -0.05) is 149 Å². The Labute approximate surface area is 429 Å². The summed E-state index contributed by atoms with van der Waals surface area (Å²) in [5.41, 5.74) is -7.21. The van der Waals surface area contributed by atoms with Gasteiger partial charge in [-0.05, 0) is 118 Å². The molecule has 72 heavy (non-hydrogen) atoms. The number of rotatable bonds is 14. The molecule has 0 unspecified atom stereocenters. The van der Waals surface area contributed by atoms with Crippen molar-refractivity contribution in [2.75, 3.05) is 7.11 Å². The topological polar surface area (TPSA) is 210 Å². The highest BCUT2D eigenvalue weighted by atomic mass is 16.5. The molecule has 0 saturated heterocycles. The molecule has 15 heteroatoms. The average molecular weight is 1000 g/mol. The summed E-state index contributed by atoms with van der Waals surface area (Å²) in [6.07, 6.45) is 13.3. The molecular weight excluding hydrogens is 913 g/mol. The van der Waals surface area contributed by atoms with Crippen LogP contribution in [0.15, 0.2) is 30.3 Å². The van der Waals surface area contributed by atoms with E-state index in [9.17, 15) is 14.4 Å². The molecule has 400 valence electrons. The van der Waals surface area contributed by atoms with E-state index in [-0.39, 0.29) is 42.1 Å². The smallest absolute Gasteiger partial charge is 0.408 e. The zero-order valence-electron chi connectivity index (χ0n) is 44.7. The zero-order valence-corrected chi connectivity index (χ0v) is 44.7. The first kappa shape index (κ1) is 55.1. The summed E-state index contributed by atoms with van der Waals surface area (Å²) >= 11 is 0. The molecule has 6 N–H and O–H groups in total. The average Bonchev–Trinajstić information content (AvgIpc) is 3.33. The molecule has 6 fully saturated rings. The number of nitrogens with one attached hydrogen (secondary N) is 6. The van der Waals surface area contributed by atoms with E-state index < -0.39 is 74.8 Å². The Bertz CT molecular complexity index is 2140. The number of alkyl carbamates (subject to hydrolysis) is 1. The van der Waals surface area contributed by atoms with Crippen LogP contribution in [-0.2, 0) is 44.8 Å². The van der Waals surface area contributed by atoms with E-state index in [2.05, 4.69) is 73.4 Å². The molecule has 12 atom stereocenters. The van der Waals surface area contributed by atoms with Gasteiger partial charge in [-0.2, -0.15) is 0 Å². The number of carbonyl (C=O) groups excluding carboxylic acids is 7. The van der Waals surface area contributed by atoms with Crippen LogP contribution < -0.4 is 31.9 Å². The number of carbonyl (C=O) groups is 7. The predicted molar refractivity (Wildman–Crippen MR) is 275 cm³/mol. The highest BCUT2D eigenvalue weighted by molar-refractivity contribution is 6.02. The zero-order chi connectivity index (χ0) is 52.0. The van der Waals surface area contributed by atoms with Gasteiger partial charge in [-0.3, -0.25) is 24.0 Å². The minimum Gasteiger partial charge on any atom is -0.467 e. The number of hydrogen-bond donors (Lipinski definition) is 6. The summed E-state index contributed by atoms with van der Waals surface area (Å²) in [5.74, 6) is -1.95. The van der Waals surface area contributed by atoms with Crippen LogP contribution in [0, 0.1) is 35.5 Å². The van der Waals surface area contributed by atoms with Crippen molar-refractivity contribution in [1.29, 1.82) is 0 Å². The van der Waals surface area contributed by atoms with Gasteiger partial charge in [0.25, 0.3) is 0 Å². The maximum atomic E-state index is 15.6. The van der Waals surface area contributed by atoms with Gasteiger partial charge in [0, 0.05) is 0 Å². The minimum absolute atomic E-state index is 0.0424. The number of esters is 1. The fourth-order valence-electron chi connectivity index (χ4n) is 14.4. The molecule has 0 radical (unpaired) electrons. The Balaban J connectivity index is 1.16.